The van der Waals surface area contributed by atoms with Gasteiger partial charge >= 0.3 is 0 Å². The highest BCUT2D eigenvalue weighted by atomic mass is 35.5. The number of halogens is 1. The molecule has 4 rings (SSSR count). The van der Waals surface area contributed by atoms with Gasteiger partial charge in [0.25, 0.3) is 0 Å². The smallest absolute Gasteiger partial charge is 0.228 e. The zero-order valence-electron chi connectivity index (χ0n) is 23.1. The second kappa shape index (κ2) is 10.9. The summed E-state index contributed by atoms with van der Waals surface area (Å²) in [7, 11) is 7.23. The largest absolute Gasteiger partial charge is 0.480 e. The Balaban J connectivity index is 2.01. The molecule has 0 spiro atoms. The highest BCUT2D eigenvalue weighted by Crippen LogP contribution is 2.41. The average Bonchev–Trinajstić information content (AvgIpc) is 3.40. The number of hydrogen-bond acceptors (Lipinski definition) is 6. The molecule has 3 heterocycles. The van der Waals surface area contributed by atoms with Crippen molar-refractivity contribution in [2.75, 3.05) is 31.0 Å². The molecule has 10 heteroatoms. The van der Waals surface area contributed by atoms with E-state index in [1.165, 1.54) is 0 Å². The van der Waals surface area contributed by atoms with Gasteiger partial charge in [0, 0.05) is 50.3 Å². The Labute approximate surface area is 228 Å². The summed E-state index contributed by atoms with van der Waals surface area (Å²) in [6, 6.07) is 9.32. The van der Waals surface area contributed by atoms with Crippen LogP contribution in [0, 0.1) is 13.8 Å². The number of aryl methyl sites for hydroxylation is 3. The van der Waals surface area contributed by atoms with Crippen LogP contribution >= 0.6 is 11.6 Å². The lowest BCUT2D eigenvalue weighted by Gasteiger charge is -2.32. The van der Waals surface area contributed by atoms with E-state index in [0.717, 1.165) is 45.9 Å². The fraction of sp³-hybridized carbons (Fsp3) is 0.357. The lowest BCUT2D eigenvalue weighted by molar-refractivity contribution is -0.107. The third kappa shape index (κ3) is 4.98. The average molecular weight is 536 g/mol. The summed E-state index contributed by atoms with van der Waals surface area (Å²) < 4.78 is 9.65. The minimum atomic E-state index is -0.447. The summed E-state index contributed by atoms with van der Waals surface area (Å²) in [5.74, 6) is 1.04. The second-order valence-corrected chi connectivity index (χ2v) is 10.2. The number of rotatable bonds is 9. The van der Waals surface area contributed by atoms with Crippen molar-refractivity contribution in [3.05, 3.63) is 70.3 Å². The highest BCUT2D eigenvalue weighted by molar-refractivity contribution is 6.30. The molecule has 0 radical (unpaired) electrons. The molecule has 4 aromatic rings. The maximum absolute atomic E-state index is 12.8. The van der Waals surface area contributed by atoms with Crippen LogP contribution in [0.5, 0.6) is 5.88 Å². The van der Waals surface area contributed by atoms with Gasteiger partial charge in [-0.2, -0.15) is 10.1 Å². The molecule has 0 saturated heterocycles. The Morgan fingerprint density at radius 3 is 2.34 bits per heavy atom. The molecular weight excluding hydrogens is 502 g/mol. The Kier molecular flexibility index (Phi) is 7.78. The zero-order valence-corrected chi connectivity index (χ0v) is 23.9. The third-order valence-corrected chi connectivity index (χ3v) is 6.76. The van der Waals surface area contributed by atoms with E-state index in [9.17, 15) is 4.79 Å². The van der Waals surface area contributed by atoms with Gasteiger partial charge in [-0.1, -0.05) is 23.7 Å². The number of amides is 1. The molecule has 0 aliphatic rings. The Morgan fingerprint density at radius 2 is 1.82 bits per heavy atom. The number of hydrogen-bond donors (Lipinski definition) is 0. The summed E-state index contributed by atoms with van der Waals surface area (Å²) >= 11 is 6.25. The van der Waals surface area contributed by atoms with Crippen LogP contribution in [-0.2, 0) is 11.8 Å². The van der Waals surface area contributed by atoms with Crippen LogP contribution in [0.15, 0.2) is 42.7 Å². The first-order chi connectivity index (χ1) is 18.1. The Hall–Kier alpha value is -3.85. The summed E-state index contributed by atoms with van der Waals surface area (Å²) in [5.41, 5.74) is 6.07. The lowest BCUT2D eigenvalue weighted by Crippen LogP contribution is -2.31. The monoisotopic (exact) mass is 535 g/mol. The minimum Gasteiger partial charge on any atom is -0.480 e. The number of ether oxygens (including phenoxy) is 1. The first kappa shape index (κ1) is 27.2. The van der Waals surface area contributed by atoms with Gasteiger partial charge in [-0.3, -0.25) is 14.4 Å². The van der Waals surface area contributed by atoms with Crippen molar-refractivity contribution in [2.24, 2.45) is 7.05 Å². The maximum atomic E-state index is 12.8. The van der Waals surface area contributed by atoms with Gasteiger partial charge in [0.05, 0.1) is 29.7 Å². The standard InChI is InChI=1S/C28H34ClN7O2/c1-17(2)36-23(22-14-30-28(33(5)6)31-27(22)38-8)13-18(3)25(36)26(20-9-11-21(29)12-10-20)35(16-37)24-15-34(7)32-19(24)4/h9-17,26H,1-8H3. The van der Waals surface area contributed by atoms with Crippen molar-refractivity contribution in [1.82, 2.24) is 24.3 Å². The maximum Gasteiger partial charge on any atom is 0.228 e. The SMILES string of the molecule is COc1nc(N(C)C)ncc1-c1cc(C)c(C(c2ccc(Cl)cc2)N(C=O)c2cn(C)nc2C)n1C(C)C. The molecule has 200 valence electrons. The van der Waals surface area contributed by atoms with Crippen LogP contribution in [0.1, 0.15) is 48.4 Å². The molecule has 9 nitrogen and oxygen atoms in total. The van der Waals surface area contributed by atoms with E-state index in [2.05, 4.69) is 46.5 Å². The molecule has 3 aromatic heterocycles. The Bertz CT molecular complexity index is 1440. The molecular formula is C28H34ClN7O2. The van der Waals surface area contributed by atoms with Gasteiger partial charge in [0.2, 0.25) is 18.2 Å². The first-order valence-corrected chi connectivity index (χ1v) is 12.7. The molecule has 1 aromatic carbocycles. The number of anilines is 2. The fourth-order valence-corrected chi connectivity index (χ4v) is 5.00. The van der Waals surface area contributed by atoms with Gasteiger partial charge in [-0.05, 0) is 57.0 Å². The van der Waals surface area contributed by atoms with Crippen LogP contribution in [0.2, 0.25) is 5.02 Å². The number of benzene rings is 1. The summed E-state index contributed by atoms with van der Waals surface area (Å²) in [6.45, 7) is 8.20. The molecule has 0 bridgehead atoms. The van der Waals surface area contributed by atoms with Crippen molar-refractivity contribution in [1.29, 1.82) is 0 Å². The van der Waals surface area contributed by atoms with Gasteiger partial charge in [-0.15, -0.1) is 0 Å². The van der Waals surface area contributed by atoms with Gasteiger partial charge in [-0.25, -0.2) is 4.98 Å². The minimum absolute atomic E-state index is 0.0465. The summed E-state index contributed by atoms with van der Waals surface area (Å²) in [6.07, 6.45) is 4.52. The molecule has 1 unspecified atom stereocenters. The molecule has 0 fully saturated rings. The molecule has 1 amide bonds. The topological polar surface area (TPSA) is 81.3 Å². The summed E-state index contributed by atoms with van der Waals surface area (Å²) in [4.78, 5) is 25.5. The van der Waals surface area contributed by atoms with E-state index < -0.39 is 6.04 Å². The van der Waals surface area contributed by atoms with Crippen molar-refractivity contribution in [2.45, 2.75) is 39.8 Å². The Morgan fingerprint density at radius 1 is 1.13 bits per heavy atom. The normalized spacial score (nSPS) is 12.1. The first-order valence-electron chi connectivity index (χ1n) is 12.4. The van der Waals surface area contributed by atoms with Crippen molar-refractivity contribution in [3.63, 3.8) is 0 Å². The predicted molar refractivity (Wildman–Crippen MR) is 151 cm³/mol. The third-order valence-electron chi connectivity index (χ3n) is 6.51. The van der Waals surface area contributed by atoms with Crippen LogP contribution in [-0.4, -0.2) is 51.9 Å². The molecule has 0 N–H and O–H groups in total. The number of carbonyl (C=O) groups excluding carboxylic acids is 1. The zero-order chi connectivity index (χ0) is 27.7. The lowest BCUT2D eigenvalue weighted by atomic mass is 9.98. The number of methoxy groups -OCH3 is 1. The van der Waals surface area contributed by atoms with Crippen molar-refractivity contribution >= 4 is 29.6 Å². The fourth-order valence-electron chi connectivity index (χ4n) is 4.88. The van der Waals surface area contributed by atoms with Gasteiger partial charge in [0.15, 0.2) is 0 Å². The molecule has 1 atom stereocenters. The molecule has 0 aliphatic heterocycles. The predicted octanol–water partition coefficient (Wildman–Crippen LogP) is 5.36. The van der Waals surface area contributed by atoms with E-state index in [1.807, 2.05) is 63.4 Å². The van der Waals surface area contributed by atoms with Crippen molar-refractivity contribution in [3.8, 4) is 17.1 Å². The van der Waals surface area contributed by atoms with Crippen LogP contribution < -0.4 is 14.5 Å². The van der Waals surface area contributed by atoms with Gasteiger partial charge in [0.1, 0.15) is 6.04 Å². The van der Waals surface area contributed by atoms with Crippen LogP contribution in [0.4, 0.5) is 11.6 Å². The van der Waals surface area contributed by atoms with E-state index >= 15 is 0 Å². The van der Waals surface area contributed by atoms with E-state index in [-0.39, 0.29) is 6.04 Å². The van der Waals surface area contributed by atoms with Crippen LogP contribution in [0.3, 0.4) is 0 Å². The highest BCUT2D eigenvalue weighted by Gasteiger charge is 2.32. The summed E-state index contributed by atoms with van der Waals surface area (Å²) in [5, 5.41) is 5.12. The van der Waals surface area contributed by atoms with E-state index in [0.29, 0.717) is 16.9 Å². The van der Waals surface area contributed by atoms with Crippen molar-refractivity contribution < 1.29 is 9.53 Å². The van der Waals surface area contributed by atoms with Crippen LogP contribution in [0.25, 0.3) is 11.3 Å². The van der Waals surface area contributed by atoms with E-state index in [4.69, 9.17) is 16.3 Å². The quantitative estimate of drug-likeness (QED) is 0.268. The molecule has 0 aliphatic carbocycles. The van der Waals surface area contributed by atoms with Gasteiger partial charge < -0.3 is 14.2 Å². The second-order valence-electron chi connectivity index (χ2n) is 9.79. The number of aromatic nitrogens is 5. The van der Waals surface area contributed by atoms with E-state index in [1.54, 1.807) is 22.9 Å². The molecule has 38 heavy (non-hydrogen) atoms. The number of carbonyl (C=O) groups is 1. The molecule has 0 saturated carbocycles. The number of nitrogens with zero attached hydrogens (tertiary/aromatic N) is 7.